The van der Waals surface area contributed by atoms with E-state index in [0.717, 1.165) is 18.4 Å². The van der Waals surface area contributed by atoms with Gasteiger partial charge in [-0.15, -0.1) is 0 Å². The smallest absolute Gasteiger partial charge is 0.0734 e. The number of rotatable bonds is 3. The van der Waals surface area contributed by atoms with Crippen molar-refractivity contribution in [3.8, 4) is 0 Å². The summed E-state index contributed by atoms with van der Waals surface area (Å²) in [5, 5.41) is 10.6. The molecule has 2 atom stereocenters. The first-order valence-corrected chi connectivity index (χ1v) is 6.32. The molecule has 0 radical (unpaired) electrons. The first kappa shape index (κ1) is 12.5. The minimum absolute atomic E-state index is 0.176. The van der Waals surface area contributed by atoms with Crippen LogP contribution in [0.1, 0.15) is 32.3 Å². The molecule has 3 heteroatoms. The van der Waals surface area contributed by atoms with Gasteiger partial charge in [0.2, 0.25) is 0 Å². The van der Waals surface area contributed by atoms with Crippen LogP contribution in [-0.2, 0) is 11.2 Å². The van der Waals surface area contributed by atoms with Crippen molar-refractivity contribution in [2.45, 2.75) is 44.8 Å². The van der Waals surface area contributed by atoms with Crippen LogP contribution in [0.2, 0.25) is 0 Å². The lowest BCUT2D eigenvalue weighted by Gasteiger charge is -2.38. The van der Waals surface area contributed by atoms with Crippen molar-refractivity contribution < 1.29 is 9.84 Å². The number of nitrogens with zero attached hydrogens (tertiary/aromatic N) is 1. The fourth-order valence-electron chi connectivity index (χ4n) is 2.41. The predicted octanol–water partition coefficient (Wildman–Crippen LogP) is 2.19. The van der Waals surface area contributed by atoms with E-state index in [1.54, 1.807) is 12.4 Å². The van der Waals surface area contributed by atoms with Gasteiger partial charge in [0.1, 0.15) is 0 Å². The van der Waals surface area contributed by atoms with Gasteiger partial charge in [0.15, 0.2) is 0 Å². The Morgan fingerprint density at radius 2 is 2.18 bits per heavy atom. The Balaban J connectivity index is 2.03. The maximum absolute atomic E-state index is 10.6. The molecule has 3 nitrogen and oxygen atoms in total. The molecule has 1 saturated heterocycles. The summed E-state index contributed by atoms with van der Waals surface area (Å²) in [6, 6.07) is 3.94. The van der Waals surface area contributed by atoms with Crippen LogP contribution in [0.3, 0.4) is 0 Å². The number of hydrogen-bond acceptors (Lipinski definition) is 3. The van der Waals surface area contributed by atoms with Crippen LogP contribution < -0.4 is 0 Å². The fourth-order valence-corrected chi connectivity index (χ4v) is 2.41. The number of aliphatic hydroxyl groups is 1. The van der Waals surface area contributed by atoms with Gasteiger partial charge in [-0.1, -0.05) is 13.8 Å². The molecule has 1 N–H and O–H groups in total. The van der Waals surface area contributed by atoms with Gasteiger partial charge in [-0.05, 0) is 30.0 Å². The van der Waals surface area contributed by atoms with Gasteiger partial charge >= 0.3 is 0 Å². The van der Waals surface area contributed by atoms with Gasteiger partial charge in [-0.25, -0.2) is 0 Å². The Kier molecular flexibility index (Phi) is 3.79. The molecule has 1 aliphatic rings. The zero-order valence-corrected chi connectivity index (χ0v) is 10.6. The van der Waals surface area contributed by atoms with Crippen molar-refractivity contribution in [2.24, 2.45) is 5.92 Å². The van der Waals surface area contributed by atoms with Crippen molar-refractivity contribution in [2.75, 3.05) is 6.61 Å². The number of hydrogen-bond donors (Lipinski definition) is 1. The average Bonchev–Trinajstić information content (AvgIpc) is 2.29. The molecule has 1 aliphatic heterocycles. The van der Waals surface area contributed by atoms with E-state index in [1.165, 1.54) is 0 Å². The van der Waals surface area contributed by atoms with Gasteiger partial charge < -0.3 is 9.84 Å². The third-order valence-electron chi connectivity index (χ3n) is 3.51. The lowest BCUT2D eigenvalue weighted by atomic mass is 9.82. The fraction of sp³-hybridized carbons (Fsp3) is 0.643. The molecular weight excluding hydrogens is 214 g/mol. The molecule has 1 aromatic rings. The van der Waals surface area contributed by atoms with Gasteiger partial charge in [0.25, 0.3) is 0 Å². The van der Waals surface area contributed by atoms with E-state index < -0.39 is 5.60 Å². The highest BCUT2D eigenvalue weighted by molar-refractivity contribution is 5.13. The SMILES string of the molecule is CC(C)C1CC(O)(Cc2ccncc2)CCO1. The Labute approximate surface area is 103 Å². The van der Waals surface area contributed by atoms with Gasteiger partial charge in [-0.3, -0.25) is 4.98 Å². The summed E-state index contributed by atoms with van der Waals surface area (Å²) >= 11 is 0. The second-order valence-electron chi connectivity index (χ2n) is 5.36. The van der Waals surface area contributed by atoms with Crippen LogP contribution in [0.15, 0.2) is 24.5 Å². The maximum Gasteiger partial charge on any atom is 0.0734 e. The molecule has 1 fully saturated rings. The lowest BCUT2D eigenvalue weighted by molar-refractivity contribution is -0.116. The highest BCUT2D eigenvalue weighted by atomic mass is 16.5. The van der Waals surface area contributed by atoms with E-state index in [9.17, 15) is 5.11 Å². The first-order chi connectivity index (χ1) is 8.09. The van der Waals surface area contributed by atoms with Gasteiger partial charge in [0, 0.05) is 31.8 Å². The molecule has 0 saturated carbocycles. The molecule has 1 aromatic heterocycles. The molecule has 2 heterocycles. The third-order valence-corrected chi connectivity index (χ3v) is 3.51. The molecule has 0 aromatic carbocycles. The van der Waals surface area contributed by atoms with E-state index in [2.05, 4.69) is 18.8 Å². The third kappa shape index (κ3) is 3.27. The van der Waals surface area contributed by atoms with Crippen molar-refractivity contribution in [3.05, 3.63) is 30.1 Å². The quantitative estimate of drug-likeness (QED) is 0.873. The number of aromatic nitrogens is 1. The van der Waals surface area contributed by atoms with Crippen LogP contribution in [0.5, 0.6) is 0 Å². The van der Waals surface area contributed by atoms with E-state index in [1.807, 2.05) is 12.1 Å². The van der Waals surface area contributed by atoms with Crippen LogP contribution >= 0.6 is 0 Å². The monoisotopic (exact) mass is 235 g/mol. The molecule has 0 amide bonds. The highest BCUT2D eigenvalue weighted by Crippen LogP contribution is 2.31. The summed E-state index contributed by atoms with van der Waals surface area (Å²) in [6.45, 7) is 4.94. The predicted molar refractivity (Wildman–Crippen MR) is 66.7 cm³/mol. The standard InChI is InChI=1S/C14H21NO2/c1-11(2)13-10-14(16,5-8-17-13)9-12-3-6-15-7-4-12/h3-4,6-7,11,13,16H,5,8-10H2,1-2H3. The van der Waals surface area contributed by atoms with Gasteiger partial charge in [0.05, 0.1) is 11.7 Å². The molecule has 2 rings (SSSR count). The molecule has 17 heavy (non-hydrogen) atoms. The van der Waals surface area contributed by atoms with Gasteiger partial charge in [-0.2, -0.15) is 0 Å². The summed E-state index contributed by atoms with van der Waals surface area (Å²) in [7, 11) is 0. The molecule has 2 unspecified atom stereocenters. The molecular formula is C14H21NO2. The normalized spacial score (nSPS) is 29.5. The zero-order valence-electron chi connectivity index (χ0n) is 10.6. The minimum atomic E-state index is -0.617. The lowest BCUT2D eigenvalue weighted by Crippen LogP contribution is -2.44. The summed E-state index contributed by atoms with van der Waals surface area (Å²) in [4.78, 5) is 4.00. The summed E-state index contributed by atoms with van der Waals surface area (Å²) in [5.74, 6) is 0.458. The second kappa shape index (κ2) is 5.15. The topological polar surface area (TPSA) is 42.4 Å². The van der Waals surface area contributed by atoms with Crippen LogP contribution in [0.4, 0.5) is 0 Å². The molecule has 94 valence electrons. The summed E-state index contributed by atoms with van der Waals surface area (Å²) in [5.41, 5.74) is 0.529. The summed E-state index contributed by atoms with van der Waals surface area (Å²) < 4.78 is 5.70. The van der Waals surface area contributed by atoms with E-state index in [0.29, 0.717) is 18.9 Å². The first-order valence-electron chi connectivity index (χ1n) is 6.32. The maximum atomic E-state index is 10.6. The largest absolute Gasteiger partial charge is 0.389 e. The average molecular weight is 235 g/mol. The van der Waals surface area contributed by atoms with Crippen molar-refractivity contribution >= 4 is 0 Å². The van der Waals surface area contributed by atoms with E-state index >= 15 is 0 Å². The number of ether oxygens (including phenoxy) is 1. The molecule has 0 aliphatic carbocycles. The summed E-state index contributed by atoms with van der Waals surface area (Å²) in [6.07, 6.45) is 5.87. The second-order valence-corrected chi connectivity index (χ2v) is 5.36. The van der Waals surface area contributed by atoms with Crippen LogP contribution in [0, 0.1) is 5.92 Å². The molecule has 0 spiro atoms. The van der Waals surface area contributed by atoms with Crippen molar-refractivity contribution in [3.63, 3.8) is 0 Å². The number of pyridine rings is 1. The van der Waals surface area contributed by atoms with E-state index in [4.69, 9.17) is 4.74 Å². The Morgan fingerprint density at radius 3 is 2.82 bits per heavy atom. The van der Waals surface area contributed by atoms with E-state index in [-0.39, 0.29) is 6.10 Å². The Morgan fingerprint density at radius 1 is 1.47 bits per heavy atom. The Hall–Kier alpha value is -0.930. The van der Waals surface area contributed by atoms with Crippen LogP contribution in [-0.4, -0.2) is 28.4 Å². The van der Waals surface area contributed by atoms with Crippen molar-refractivity contribution in [1.82, 2.24) is 4.98 Å². The molecule has 0 bridgehead atoms. The minimum Gasteiger partial charge on any atom is -0.389 e. The zero-order chi connectivity index (χ0) is 12.3. The Bertz CT molecular complexity index is 352. The van der Waals surface area contributed by atoms with Crippen molar-refractivity contribution in [1.29, 1.82) is 0 Å². The highest BCUT2D eigenvalue weighted by Gasteiger charge is 2.36. The van der Waals surface area contributed by atoms with Crippen LogP contribution in [0.25, 0.3) is 0 Å².